The molecular weight excluding hydrogens is 300 g/mol. The maximum atomic E-state index is 12.0. The first-order valence-corrected chi connectivity index (χ1v) is 8.27. The molecule has 1 N–H and O–H groups in total. The SMILES string of the molecule is CCCCN(CC)C(=O)CCCNC(=O)c1ccc(Cl)cc1. The molecule has 22 heavy (non-hydrogen) atoms. The van der Waals surface area contributed by atoms with Gasteiger partial charge in [0.25, 0.3) is 5.91 Å². The number of unbranched alkanes of at least 4 members (excludes halogenated alkanes) is 1. The number of benzene rings is 1. The number of nitrogens with zero attached hydrogens (tertiary/aromatic N) is 1. The Kier molecular flexibility index (Phi) is 8.60. The molecule has 0 fully saturated rings. The fourth-order valence-electron chi connectivity index (χ4n) is 2.11. The highest BCUT2D eigenvalue weighted by Gasteiger charge is 2.11. The van der Waals surface area contributed by atoms with Gasteiger partial charge in [0.1, 0.15) is 0 Å². The van der Waals surface area contributed by atoms with Gasteiger partial charge in [-0.25, -0.2) is 0 Å². The smallest absolute Gasteiger partial charge is 0.251 e. The van der Waals surface area contributed by atoms with E-state index < -0.39 is 0 Å². The first kappa shape index (κ1) is 18.5. The molecule has 0 aromatic heterocycles. The number of hydrogen-bond donors (Lipinski definition) is 1. The standard InChI is InChI=1S/C17H25ClN2O2/c1-3-5-13-20(4-2)16(21)7-6-12-19-17(22)14-8-10-15(18)11-9-14/h8-11H,3-7,12-13H2,1-2H3,(H,19,22). The Hall–Kier alpha value is -1.55. The summed E-state index contributed by atoms with van der Waals surface area (Å²) >= 11 is 5.78. The van der Waals surface area contributed by atoms with Crippen molar-refractivity contribution in [1.29, 1.82) is 0 Å². The second kappa shape index (κ2) is 10.2. The van der Waals surface area contributed by atoms with Crippen molar-refractivity contribution in [2.45, 2.75) is 39.5 Å². The van der Waals surface area contributed by atoms with Gasteiger partial charge in [-0.05, 0) is 44.0 Å². The zero-order valence-electron chi connectivity index (χ0n) is 13.4. The van der Waals surface area contributed by atoms with E-state index in [-0.39, 0.29) is 11.8 Å². The Morgan fingerprint density at radius 1 is 1.14 bits per heavy atom. The van der Waals surface area contributed by atoms with Gasteiger partial charge in [0.2, 0.25) is 5.91 Å². The lowest BCUT2D eigenvalue weighted by Crippen LogP contribution is -2.32. The number of carbonyl (C=O) groups excluding carboxylic acids is 2. The molecule has 0 atom stereocenters. The Labute approximate surface area is 137 Å². The summed E-state index contributed by atoms with van der Waals surface area (Å²) in [4.78, 5) is 25.8. The van der Waals surface area contributed by atoms with Gasteiger partial charge in [0.15, 0.2) is 0 Å². The topological polar surface area (TPSA) is 49.4 Å². The van der Waals surface area contributed by atoms with Crippen molar-refractivity contribution in [3.05, 3.63) is 34.9 Å². The monoisotopic (exact) mass is 324 g/mol. The largest absolute Gasteiger partial charge is 0.352 e. The van der Waals surface area contributed by atoms with E-state index in [1.807, 2.05) is 11.8 Å². The van der Waals surface area contributed by atoms with Gasteiger partial charge in [0, 0.05) is 36.6 Å². The van der Waals surface area contributed by atoms with E-state index in [4.69, 9.17) is 11.6 Å². The molecule has 4 nitrogen and oxygen atoms in total. The maximum Gasteiger partial charge on any atom is 0.251 e. The summed E-state index contributed by atoms with van der Waals surface area (Å²) in [6, 6.07) is 6.75. The summed E-state index contributed by atoms with van der Waals surface area (Å²) in [5.41, 5.74) is 0.578. The van der Waals surface area contributed by atoms with Crippen LogP contribution in [-0.4, -0.2) is 36.3 Å². The van der Waals surface area contributed by atoms with E-state index in [9.17, 15) is 9.59 Å². The van der Waals surface area contributed by atoms with Gasteiger partial charge in [-0.1, -0.05) is 24.9 Å². The highest BCUT2D eigenvalue weighted by atomic mass is 35.5. The number of rotatable bonds is 9. The molecule has 0 spiro atoms. The first-order valence-electron chi connectivity index (χ1n) is 7.90. The third-order valence-corrected chi connectivity index (χ3v) is 3.73. The quantitative estimate of drug-likeness (QED) is 0.707. The van der Waals surface area contributed by atoms with Crippen molar-refractivity contribution in [1.82, 2.24) is 10.2 Å². The lowest BCUT2D eigenvalue weighted by molar-refractivity contribution is -0.131. The second-order valence-electron chi connectivity index (χ2n) is 5.19. The molecule has 0 unspecified atom stereocenters. The number of carbonyl (C=O) groups is 2. The lowest BCUT2D eigenvalue weighted by atomic mass is 10.2. The van der Waals surface area contributed by atoms with Crippen LogP contribution in [0.25, 0.3) is 0 Å². The molecule has 0 heterocycles. The maximum absolute atomic E-state index is 12.0. The Morgan fingerprint density at radius 2 is 1.82 bits per heavy atom. The van der Waals surface area contributed by atoms with Crippen LogP contribution in [0.1, 0.15) is 49.9 Å². The lowest BCUT2D eigenvalue weighted by Gasteiger charge is -2.20. The van der Waals surface area contributed by atoms with Gasteiger partial charge in [-0.3, -0.25) is 9.59 Å². The summed E-state index contributed by atoms with van der Waals surface area (Å²) in [5, 5.41) is 3.43. The summed E-state index contributed by atoms with van der Waals surface area (Å²) in [5.74, 6) is 0.0270. The number of amides is 2. The zero-order valence-corrected chi connectivity index (χ0v) is 14.2. The van der Waals surface area contributed by atoms with E-state index in [0.717, 1.165) is 25.9 Å². The third kappa shape index (κ3) is 6.48. The van der Waals surface area contributed by atoms with Crippen LogP contribution in [0.3, 0.4) is 0 Å². The summed E-state index contributed by atoms with van der Waals surface area (Å²) in [7, 11) is 0. The Bertz CT molecular complexity index is 474. The van der Waals surface area contributed by atoms with Crippen molar-refractivity contribution in [3.63, 3.8) is 0 Å². The summed E-state index contributed by atoms with van der Waals surface area (Å²) < 4.78 is 0. The van der Waals surface area contributed by atoms with Crippen LogP contribution in [0.4, 0.5) is 0 Å². The molecule has 1 rings (SSSR count). The molecule has 5 heteroatoms. The van der Waals surface area contributed by atoms with E-state index in [0.29, 0.717) is 30.0 Å². The van der Waals surface area contributed by atoms with Gasteiger partial charge in [-0.15, -0.1) is 0 Å². The van der Waals surface area contributed by atoms with Crippen LogP contribution in [0, 0.1) is 0 Å². The van der Waals surface area contributed by atoms with Gasteiger partial charge >= 0.3 is 0 Å². The average molecular weight is 325 g/mol. The molecule has 1 aromatic rings. The van der Waals surface area contributed by atoms with Crippen LogP contribution >= 0.6 is 11.6 Å². The second-order valence-corrected chi connectivity index (χ2v) is 5.63. The predicted molar refractivity (Wildman–Crippen MR) is 90.2 cm³/mol. The van der Waals surface area contributed by atoms with E-state index >= 15 is 0 Å². The minimum atomic E-state index is -0.137. The van der Waals surface area contributed by atoms with Crippen molar-refractivity contribution < 1.29 is 9.59 Å². The van der Waals surface area contributed by atoms with Crippen LogP contribution in [0.5, 0.6) is 0 Å². The Morgan fingerprint density at radius 3 is 2.41 bits per heavy atom. The fraction of sp³-hybridized carbons (Fsp3) is 0.529. The summed E-state index contributed by atoms with van der Waals surface area (Å²) in [6.45, 7) is 6.18. The van der Waals surface area contributed by atoms with Crippen molar-refractivity contribution in [2.24, 2.45) is 0 Å². The Balaban J connectivity index is 2.27. The van der Waals surface area contributed by atoms with Crippen molar-refractivity contribution in [3.8, 4) is 0 Å². The minimum absolute atomic E-state index is 0.137. The molecule has 0 aliphatic heterocycles. The summed E-state index contributed by atoms with van der Waals surface area (Å²) in [6.07, 6.45) is 3.24. The predicted octanol–water partition coefficient (Wildman–Crippen LogP) is 3.50. The molecule has 1 aromatic carbocycles. The minimum Gasteiger partial charge on any atom is -0.352 e. The first-order chi connectivity index (χ1) is 10.6. The molecule has 0 bridgehead atoms. The van der Waals surface area contributed by atoms with Crippen molar-refractivity contribution >= 4 is 23.4 Å². The fourth-order valence-corrected chi connectivity index (χ4v) is 2.24. The van der Waals surface area contributed by atoms with Crippen LogP contribution in [0.2, 0.25) is 5.02 Å². The van der Waals surface area contributed by atoms with Crippen LogP contribution in [0.15, 0.2) is 24.3 Å². The normalized spacial score (nSPS) is 10.3. The molecule has 2 amide bonds. The molecular formula is C17H25ClN2O2. The third-order valence-electron chi connectivity index (χ3n) is 3.48. The van der Waals surface area contributed by atoms with Crippen LogP contribution in [-0.2, 0) is 4.79 Å². The highest BCUT2D eigenvalue weighted by molar-refractivity contribution is 6.30. The van der Waals surface area contributed by atoms with Gasteiger partial charge in [-0.2, -0.15) is 0 Å². The molecule has 0 aliphatic rings. The number of hydrogen-bond acceptors (Lipinski definition) is 2. The van der Waals surface area contributed by atoms with E-state index in [2.05, 4.69) is 12.2 Å². The highest BCUT2D eigenvalue weighted by Crippen LogP contribution is 2.09. The molecule has 0 radical (unpaired) electrons. The van der Waals surface area contributed by atoms with Gasteiger partial charge in [0.05, 0.1) is 0 Å². The molecule has 122 valence electrons. The molecule has 0 saturated carbocycles. The molecule has 0 aliphatic carbocycles. The van der Waals surface area contributed by atoms with Crippen LogP contribution < -0.4 is 5.32 Å². The average Bonchev–Trinajstić information content (AvgIpc) is 2.52. The van der Waals surface area contributed by atoms with Crippen molar-refractivity contribution in [2.75, 3.05) is 19.6 Å². The zero-order chi connectivity index (χ0) is 16.4. The molecule has 0 saturated heterocycles. The van der Waals surface area contributed by atoms with E-state index in [1.165, 1.54) is 0 Å². The number of nitrogens with one attached hydrogen (secondary N) is 1. The van der Waals surface area contributed by atoms with E-state index in [1.54, 1.807) is 24.3 Å². The van der Waals surface area contributed by atoms with Gasteiger partial charge < -0.3 is 10.2 Å². The number of halogens is 1.